The lowest BCUT2D eigenvalue weighted by Crippen LogP contribution is -2.48. The maximum Gasteiger partial charge on any atom is 0.226 e. The summed E-state index contributed by atoms with van der Waals surface area (Å²) in [6, 6.07) is 8.16. The number of benzene rings is 1. The van der Waals surface area contributed by atoms with Crippen LogP contribution in [0.1, 0.15) is 37.4 Å². The van der Waals surface area contributed by atoms with Crippen LogP contribution in [0, 0.1) is 5.92 Å². The number of hydrogen-bond donors (Lipinski definition) is 1. The summed E-state index contributed by atoms with van der Waals surface area (Å²) in [5, 5.41) is 12.4. The zero-order valence-corrected chi connectivity index (χ0v) is 15.7. The highest BCUT2D eigenvalue weighted by molar-refractivity contribution is 6.33. The highest BCUT2D eigenvalue weighted by Crippen LogP contribution is 2.42. The average molecular weight is 374 g/mol. The molecule has 4 rings (SSSR count). The number of rotatable bonds is 4. The molecule has 1 aliphatic heterocycles. The van der Waals surface area contributed by atoms with Crippen molar-refractivity contribution in [1.82, 2.24) is 19.7 Å². The first-order valence-electron chi connectivity index (χ1n) is 9.27. The predicted octanol–water partition coefficient (Wildman–Crippen LogP) is 3.07. The second kappa shape index (κ2) is 7.27. The Hall–Kier alpha value is -2.08. The van der Waals surface area contributed by atoms with Crippen molar-refractivity contribution in [2.45, 2.75) is 37.6 Å². The van der Waals surface area contributed by atoms with Gasteiger partial charge in [0.05, 0.1) is 10.7 Å². The standard InChI is InChI=1S/C19H24ClN5O/c1-24-12-21-23-18(24)14-6-7-15(14)19(26)25-10-8-13(9-11-25)22-17-5-3-2-4-16(17)20/h2-5,12-15,22H,6-11H2,1H3/t14-,15+/m1/s1. The van der Waals surface area contributed by atoms with Crippen LogP contribution in [0.4, 0.5) is 5.69 Å². The molecule has 0 bridgehead atoms. The first-order valence-corrected chi connectivity index (χ1v) is 9.65. The maximum absolute atomic E-state index is 12.9. The SMILES string of the molecule is Cn1cnnc1[C@@H]1CC[C@@H]1C(=O)N1CCC(Nc2ccccc2Cl)CC1. The summed E-state index contributed by atoms with van der Waals surface area (Å²) in [4.78, 5) is 15.0. The lowest BCUT2D eigenvalue weighted by atomic mass is 9.72. The fourth-order valence-corrected chi connectivity index (χ4v) is 4.20. The molecule has 1 amide bonds. The van der Waals surface area contributed by atoms with Gasteiger partial charge in [0, 0.05) is 38.0 Å². The van der Waals surface area contributed by atoms with Crippen LogP contribution in [0.25, 0.3) is 0 Å². The number of nitrogens with one attached hydrogen (secondary N) is 1. The van der Waals surface area contributed by atoms with Gasteiger partial charge in [0.25, 0.3) is 0 Å². The molecule has 1 N–H and O–H groups in total. The molecule has 2 heterocycles. The van der Waals surface area contributed by atoms with Crippen molar-refractivity contribution in [3.8, 4) is 0 Å². The third kappa shape index (κ3) is 3.30. The molecule has 1 aromatic heterocycles. The first kappa shape index (κ1) is 17.3. The Morgan fingerprint density at radius 2 is 1.96 bits per heavy atom. The maximum atomic E-state index is 12.9. The Morgan fingerprint density at radius 3 is 2.58 bits per heavy atom. The summed E-state index contributed by atoms with van der Waals surface area (Å²) >= 11 is 6.23. The third-order valence-electron chi connectivity index (χ3n) is 5.71. The Balaban J connectivity index is 1.33. The zero-order chi connectivity index (χ0) is 18.1. The molecule has 7 heteroatoms. The Kier molecular flexibility index (Phi) is 4.85. The first-order chi connectivity index (χ1) is 12.6. The number of carbonyl (C=O) groups excluding carboxylic acids is 1. The number of aromatic nitrogens is 3. The number of nitrogens with zero attached hydrogens (tertiary/aromatic N) is 4. The van der Waals surface area contributed by atoms with Crippen LogP contribution in [0.15, 0.2) is 30.6 Å². The van der Waals surface area contributed by atoms with Crippen molar-refractivity contribution in [2.24, 2.45) is 13.0 Å². The van der Waals surface area contributed by atoms with E-state index in [1.807, 2.05) is 40.8 Å². The van der Waals surface area contributed by atoms with Crippen molar-refractivity contribution in [1.29, 1.82) is 0 Å². The van der Waals surface area contributed by atoms with Crippen molar-refractivity contribution < 1.29 is 4.79 Å². The summed E-state index contributed by atoms with van der Waals surface area (Å²) < 4.78 is 1.93. The number of piperidine rings is 1. The number of halogens is 1. The number of aryl methyl sites for hydroxylation is 1. The van der Waals surface area contributed by atoms with Crippen LogP contribution in [0.2, 0.25) is 5.02 Å². The van der Waals surface area contributed by atoms with Gasteiger partial charge >= 0.3 is 0 Å². The highest BCUT2D eigenvalue weighted by Gasteiger charge is 2.42. The van der Waals surface area contributed by atoms with E-state index in [1.54, 1.807) is 6.33 Å². The second-order valence-corrected chi connectivity index (χ2v) is 7.72. The quantitative estimate of drug-likeness (QED) is 0.894. The lowest BCUT2D eigenvalue weighted by Gasteiger charge is -2.40. The third-order valence-corrected chi connectivity index (χ3v) is 6.04. The summed E-state index contributed by atoms with van der Waals surface area (Å²) in [5.41, 5.74) is 0.972. The van der Waals surface area contributed by atoms with Crippen molar-refractivity contribution in [2.75, 3.05) is 18.4 Å². The molecule has 0 radical (unpaired) electrons. The van der Waals surface area contributed by atoms with Crippen molar-refractivity contribution >= 4 is 23.2 Å². The number of hydrogen-bond acceptors (Lipinski definition) is 4. The molecule has 1 aromatic carbocycles. The van der Waals surface area contributed by atoms with Gasteiger partial charge in [-0.3, -0.25) is 4.79 Å². The van der Waals surface area contributed by atoms with Crippen LogP contribution in [0.5, 0.6) is 0 Å². The second-order valence-electron chi connectivity index (χ2n) is 7.31. The molecule has 2 atom stereocenters. The summed E-state index contributed by atoms with van der Waals surface area (Å²) in [5.74, 6) is 1.49. The average Bonchev–Trinajstić information content (AvgIpc) is 3.02. The number of anilines is 1. The fraction of sp³-hybridized carbons (Fsp3) is 0.526. The normalized spacial score (nSPS) is 23.5. The Labute approximate surface area is 158 Å². The minimum atomic E-state index is 0.0611. The van der Waals surface area contributed by atoms with E-state index in [0.717, 1.165) is 55.3 Å². The monoisotopic (exact) mass is 373 g/mol. The lowest BCUT2D eigenvalue weighted by molar-refractivity contribution is -0.140. The van der Waals surface area contributed by atoms with Gasteiger partial charge in [0.2, 0.25) is 5.91 Å². The molecule has 1 saturated heterocycles. The van der Waals surface area contributed by atoms with Gasteiger partial charge < -0.3 is 14.8 Å². The van der Waals surface area contributed by atoms with Crippen LogP contribution in [-0.2, 0) is 11.8 Å². The van der Waals surface area contributed by atoms with Crippen LogP contribution in [0.3, 0.4) is 0 Å². The minimum Gasteiger partial charge on any atom is -0.381 e. The molecule has 0 spiro atoms. The van der Waals surface area contributed by atoms with Gasteiger partial charge in [-0.2, -0.15) is 0 Å². The van der Waals surface area contributed by atoms with Gasteiger partial charge in [0.1, 0.15) is 12.2 Å². The number of carbonyl (C=O) groups is 1. The minimum absolute atomic E-state index is 0.0611. The summed E-state index contributed by atoms with van der Waals surface area (Å²) in [6.45, 7) is 1.59. The van der Waals surface area contributed by atoms with E-state index < -0.39 is 0 Å². The zero-order valence-electron chi connectivity index (χ0n) is 14.9. The largest absolute Gasteiger partial charge is 0.381 e. The number of likely N-dealkylation sites (tertiary alicyclic amines) is 1. The molecule has 26 heavy (non-hydrogen) atoms. The molecular formula is C19H24ClN5O. The molecule has 2 aliphatic rings. The van der Waals surface area contributed by atoms with Crippen LogP contribution < -0.4 is 5.32 Å². The van der Waals surface area contributed by atoms with E-state index in [0.29, 0.717) is 6.04 Å². The summed E-state index contributed by atoms with van der Waals surface area (Å²) in [7, 11) is 1.95. The number of para-hydroxylation sites is 1. The fourth-order valence-electron chi connectivity index (χ4n) is 4.01. The van der Waals surface area contributed by atoms with E-state index in [2.05, 4.69) is 15.5 Å². The molecular weight excluding hydrogens is 350 g/mol. The number of amides is 1. The van der Waals surface area contributed by atoms with E-state index in [4.69, 9.17) is 11.6 Å². The van der Waals surface area contributed by atoms with Gasteiger partial charge in [0.15, 0.2) is 0 Å². The van der Waals surface area contributed by atoms with Gasteiger partial charge in [-0.1, -0.05) is 23.7 Å². The van der Waals surface area contributed by atoms with E-state index in [1.165, 1.54) is 0 Å². The Morgan fingerprint density at radius 1 is 1.19 bits per heavy atom. The van der Waals surface area contributed by atoms with Crippen molar-refractivity contribution in [3.63, 3.8) is 0 Å². The van der Waals surface area contributed by atoms with Crippen LogP contribution in [-0.4, -0.2) is 44.7 Å². The topological polar surface area (TPSA) is 63.1 Å². The highest BCUT2D eigenvalue weighted by atomic mass is 35.5. The molecule has 138 valence electrons. The molecule has 6 nitrogen and oxygen atoms in total. The summed E-state index contributed by atoms with van der Waals surface area (Å²) in [6.07, 6.45) is 5.57. The van der Waals surface area contributed by atoms with Gasteiger partial charge in [-0.25, -0.2) is 0 Å². The van der Waals surface area contributed by atoms with Crippen LogP contribution >= 0.6 is 11.6 Å². The van der Waals surface area contributed by atoms with Crippen molar-refractivity contribution in [3.05, 3.63) is 41.4 Å². The molecule has 1 saturated carbocycles. The van der Waals surface area contributed by atoms with E-state index in [-0.39, 0.29) is 17.7 Å². The molecule has 0 unspecified atom stereocenters. The molecule has 2 fully saturated rings. The Bertz CT molecular complexity index is 784. The molecule has 1 aliphatic carbocycles. The van der Waals surface area contributed by atoms with E-state index in [9.17, 15) is 4.79 Å². The van der Waals surface area contributed by atoms with Gasteiger partial charge in [-0.05, 0) is 37.8 Å². The predicted molar refractivity (Wildman–Crippen MR) is 101 cm³/mol. The van der Waals surface area contributed by atoms with E-state index >= 15 is 0 Å². The van der Waals surface area contributed by atoms with Gasteiger partial charge in [-0.15, -0.1) is 10.2 Å². The smallest absolute Gasteiger partial charge is 0.226 e. The molecule has 2 aromatic rings.